The summed E-state index contributed by atoms with van der Waals surface area (Å²) in [6, 6.07) is 31.0. The molecule has 0 aliphatic carbocycles. The van der Waals surface area contributed by atoms with Gasteiger partial charge in [0.2, 0.25) is 5.91 Å². The number of carbonyl (C=O) groups excluding carboxylic acids is 2. The first-order valence-corrected chi connectivity index (χ1v) is 21.6. The number of carbonyl (C=O) groups is 2. The highest BCUT2D eigenvalue weighted by Crippen LogP contribution is 2.60. The highest BCUT2D eigenvalue weighted by molar-refractivity contribution is 6.91. The molecule has 11 heteroatoms. The van der Waals surface area contributed by atoms with E-state index in [1.807, 2.05) is 83.8 Å². The van der Waals surface area contributed by atoms with Gasteiger partial charge in [0.1, 0.15) is 5.75 Å². The molecule has 274 valence electrons. The van der Waals surface area contributed by atoms with Gasteiger partial charge in [0, 0.05) is 18.0 Å². The van der Waals surface area contributed by atoms with Crippen molar-refractivity contribution in [2.24, 2.45) is 5.92 Å². The van der Waals surface area contributed by atoms with E-state index in [9.17, 15) is 14.7 Å². The van der Waals surface area contributed by atoms with E-state index in [4.69, 9.17) is 9.47 Å². The summed E-state index contributed by atoms with van der Waals surface area (Å²) in [7, 11) is -0.799. The summed E-state index contributed by atoms with van der Waals surface area (Å²) in [5.41, 5.74) is 2.36. The molecule has 2 amide bonds. The summed E-state index contributed by atoms with van der Waals surface area (Å²) in [6.07, 6.45) is 1.25. The normalized spacial score (nSPS) is 24.1. The molecule has 5 aromatic rings. The molecule has 10 nitrogen and oxygen atoms in total. The fourth-order valence-corrected chi connectivity index (χ4v) is 13.5. The molecule has 0 saturated carbocycles. The number of fused-ring (bicyclic) bond motifs is 3. The first-order valence-electron chi connectivity index (χ1n) is 18.5. The van der Waals surface area contributed by atoms with Gasteiger partial charge >= 0.3 is 0 Å². The summed E-state index contributed by atoms with van der Waals surface area (Å²) < 4.78 is 14.2. The average Bonchev–Trinajstić information content (AvgIpc) is 3.92. The average molecular weight is 731 g/mol. The minimum Gasteiger partial charge on any atom is -0.497 e. The van der Waals surface area contributed by atoms with E-state index < -0.39 is 19.8 Å². The van der Waals surface area contributed by atoms with Crippen molar-refractivity contribution in [3.63, 3.8) is 0 Å². The topological polar surface area (TPSA) is 117 Å². The van der Waals surface area contributed by atoms with Gasteiger partial charge in [0.25, 0.3) is 11.5 Å². The van der Waals surface area contributed by atoms with Crippen molar-refractivity contribution >= 4 is 41.7 Å². The second-order valence-electron chi connectivity index (χ2n) is 15.3. The van der Waals surface area contributed by atoms with Gasteiger partial charge in [-0.05, 0) is 66.4 Å². The summed E-state index contributed by atoms with van der Waals surface area (Å²) in [5.74, 6) is 0.329. The molecule has 2 N–H and O–H groups in total. The van der Waals surface area contributed by atoms with Crippen LogP contribution in [0.4, 0.5) is 5.69 Å². The van der Waals surface area contributed by atoms with E-state index in [1.165, 1.54) is 9.87 Å². The molecule has 1 spiro atoms. The molecule has 3 aliphatic rings. The number of ether oxygens (including phenoxy) is 2. The number of likely N-dealkylation sites (tertiary alicyclic amines) is 1. The van der Waals surface area contributed by atoms with Gasteiger partial charge in [-0.1, -0.05) is 79.8 Å². The number of methoxy groups -OCH3 is 1. The van der Waals surface area contributed by atoms with Crippen LogP contribution in [0.25, 0.3) is 16.6 Å². The first kappa shape index (κ1) is 35.1. The van der Waals surface area contributed by atoms with E-state index in [2.05, 4.69) is 37.2 Å². The summed E-state index contributed by atoms with van der Waals surface area (Å²) in [4.78, 5) is 46.2. The molecule has 0 unspecified atom stereocenters. The molecular formula is C42H46N4O6Si. The van der Waals surface area contributed by atoms with Crippen LogP contribution in [0, 0.1) is 5.92 Å². The number of aromatic amines is 1. The Hall–Kier alpha value is -4.97. The van der Waals surface area contributed by atoms with Gasteiger partial charge in [-0.3, -0.25) is 19.5 Å². The maximum atomic E-state index is 15.2. The summed E-state index contributed by atoms with van der Waals surface area (Å²) >= 11 is 0. The van der Waals surface area contributed by atoms with Gasteiger partial charge in [0.15, 0.2) is 5.60 Å². The number of H-pyrrole nitrogens is 1. The van der Waals surface area contributed by atoms with Gasteiger partial charge in [0.05, 0.1) is 69.2 Å². The third-order valence-electron chi connectivity index (χ3n) is 12.1. The predicted molar refractivity (Wildman–Crippen MR) is 208 cm³/mol. The number of aliphatic hydroxyl groups excluding tert-OH is 1. The Morgan fingerprint density at radius 3 is 2.51 bits per heavy atom. The lowest BCUT2D eigenvalue weighted by Gasteiger charge is -2.37. The number of hydrogen-bond donors (Lipinski definition) is 2. The highest BCUT2D eigenvalue weighted by Gasteiger charge is 2.66. The smallest absolute Gasteiger partial charge is 0.279 e. The maximum absolute atomic E-state index is 15.2. The quantitative estimate of drug-likeness (QED) is 0.195. The number of para-hydroxylation sites is 2. The van der Waals surface area contributed by atoms with Crippen molar-refractivity contribution in [3.05, 3.63) is 119 Å². The van der Waals surface area contributed by atoms with Crippen LogP contribution in [0.5, 0.6) is 5.75 Å². The lowest BCUT2D eigenvalue weighted by atomic mass is 9.82. The van der Waals surface area contributed by atoms with Crippen molar-refractivity contribution in [2.75, 3.05) is 25.2 Å². The molecule has 8 rings (SSSR count). The van der Waals surface area contributed by atoms with Crippen molar-refractivity contribution in [3.8, 4) is 11.4 Å². The SMILES string of the molecule is COc1ccc([Si](C)(C)[C@@H]2[C@@H](CC(=O)N3CCC[C@H]3CO)O[C@]3(C(=O)N(Cc4cccc(-n5[nH]c6ccccc6c5=O)c4)c4ccccc43)[C@H]2C)cc1. The third-order valence-corrected chi connectivity index (χ3v) is 16.5. The number of nitrogens with zero attached hydrogens (tertiary/aromatic N) is 3. The molecule has 4 aromatic carbocycles. The number of rotatable bonds is 9. The molecule has 0 radical (unpaired) electrons. The van der Waals surface area contributed by atoms with E-state index >= 15 is 4.79 Å². The monoisotopic (exact) mass is 730 g/mol. The number of anilines is 1. The minimum absolute atomic E-state index is 0.0417. The van der Waals surface area contributed by atoms with Gasteiger partial charge < -0.3 is 24.4 Å². The molecule has 4 heterocycles. The zero-order valence-corrected chi connectivity index (χ0v) is 31.6. The van der Waals surface area contributed by atoms with Crippen LogP contribution in [0.2, 0.25) is 18.6 Å². The molecule has 2 fully saturated rings. The van der Waals surface area contributed by atoms with E-state index in [0.717, 1.165) is 40.9 Å². The molecule has 2 saturated heterocycles. The van der Waals surface area contributed by atoms with Crippen LogP contribution in [0.1, 0.15) is 37.3 Å². The number of amides is 2. The lowest BCUT2D eigenvalue weighted by Crippen LogP contribution is -2.52. The molecule has 3 aliphatic heterocycles. The standard InChI is InChI=1S/C42H46N4O6Si/c1-27-39(53(3,4)32-20-18-31(51-2)19-21-32)37(24-38(48)44-22-10-13-30(44)26-47)52-42(27)34-15-6-8-17-36(34)45(41(42)50)25-28-11-9-12-29(23-28)46-40(49)33-14-5-7-16-35(33)43-46/h5-9,11-12,14-21,23,27,30,37,39,43,47H,10,13,22,24-26H2,1-4H3/t27-,30-,37+,39-,42+/m0/s1. The Bertz CT molecular complexity index is 2250. The van der Waals surface area contributed by atoms with Crippen LogP contribution < -0.4 is 20.4 Å². The molecule has 5 atom stereocenters. The second-order valence-corrected chi connectivity index (χ2v) is 20.0. The number of nitrogens with one attached hydrogen (secondary N) is 1. The number of aromatic nitrogens is 2. The third kappa shape index (κ3) is 5.64. The fraction of sp³-hybridized carbons (Fsp3) is 0.357. The lowest BCUT2D eigenvalue weighted by molar-refractivity contribution is -0.150. The number of aliphatic hydroxyl groups is 1. The Balaban J connectivity index is 1.17. The van der Waals surface area contributed by atoms with Crippen LogP contribution in [-0.2, 0) is 26.5 Å². The van der Waals surface area contributed by atoms with Crippen LogP contribution in [0.3, 0.4) is 0 Å². The van der Waals surface area contributed by atoms with Gasteiger partial charge in [-0.2, -0.15) is 0 Å². The number of benzene rings is 4. The number of hydrogen-bond acceptors (Lipinski definition) is 6. The Morgan fingerprint density at radius 2 is 1.75 bits per heavy atom. The fourth-order valence-electron chi connectivity index (χ4n) is 9.48. The summed E-state index contributed by atoms with van der Waals surface area (Å²) in [6.45, 7) is 7.56. The van der Waals surface area contributed by atoms with E-state index in [1.54, 1.807) is 18.1 Å². The minimum atomic E-state index is -2.45. The maximum Gasteiger partial charge on any atom is 0.279 e. The molecule has 0 bridgehead atoms. The van der Waals surface area contributed by atoms with Gasteiger partial charge in [-0.25, -0.2) is 4.68 Å². The first-order chi connectivity index (χ1) is 25.6. The van der Waals surface area contributed by atoms with Crippen molar-refractivity contribution in [1.82, 2.24) is 14.7 Å². The molecule has 1 aromatic heterocycles. The highest BCUT2D eigenvalue weighted by atomic mass is 28.3. The zero-order valence-electron chi connectivity index (χ0n) is 30.6. The predicted octanol–water partition coefficient (Wildman–Crippen LogP) is 5.46. The molecule has 53 heavy (non-hydrogen) atoms. The Labute approximate surface area is 309 Å². The van der Waals surface area contributed by atoms with Crippen LogP contribution in [0.15, 0.2) is 102 Å². The van der Waals surface area contributed by atoms with Gasteiger partial charge in [-0.15, -0.1) is 0 Å². The largest absolute Gasteiger partial charge is 0.497 e. The second kappa shape index (κ2) is 13.5. The van der Waals surface area contributed by atoms with Crippen LogP contribution >= 0.6 is 0 Å². The van der Waals surface area contributed by atoms with E-state index in [-0.39, 0.29) is 54.4 Å². The Morgan fingerprint density at radius 1 is 1.00 bits per heavy atom. The van der Waals surface area contributed by atoms with Crippen molar-refractivity contribution in [1.29, 1.82) is 0 Å². The van der Waals surface area contributed by atoms with Crippen molar-refractivity contribution in [2.45, 2.75) is 69.1 Å². The van der Waals surface area contributed by atoms with Crippen molar-refractivity contribution < 1.29 is 24.2 Å². The Kier molecular flexibility index (Phi) is 8.91. The van der Waals surface area contributed by atoms with Crippen LogP contribution in [-0.4, -0.2) is 72.1 Å². The summed E-state index contributed by atoms with van der Waals surface area (Å²) in [5, 5.41) is 15.1. The zero-order chi connectivity index (χ0) is 37.1. The van der Waals surface area contributed by atoms with E-state index in [0.29, 0.717) is 17.6 Å². The molecular weight excluding hydrogens is 685 g/mol.